The molecule has 0 aliphatic rings. The zero-order valence-electron chi connectivity index (χ0n) is 13.6. The minimum atomic E-state index is -4.33. The Morgan fingerprint density at radius 3 is 1.67 bits per heavy atom. The zero-order chi connectivity index (χ0) is 18.4. The molecular formula is C16H20O6S2. The zero-order valence-corrected chi connectivity index (χ0v) is 15.3. The van der Waals surface area contributed by atoms with Crippen molar-refractivity contribution in [2.45, 2.75) is 37.0 Å². The number of aryl methyl sites for hydroxylation is 1. The molecule has 0 spiro atoms. The Hall–Kier alpha value is -1.90. The fraction of sp³-hybridized carbons (Fsp3) is 0.250. The molecule has 132 valence electrons. The van der Waals surface area contributed by atoms with Gasteiger partial charge in [0.05, 0.1) is 4.90 Å². The minimum absolute atomic E-state index is 0.00745. The van der Waals surface area contributed by atoms with E-state index in [0.717, 1.165) is 29.8 Å². The van der Waals surface area contributed by atoms with Gasteiger partial charge in [0.1, 0.15) is 10.6 Å². The van der Waals surface area contributed by atoms with Gasteiger partial charge in [-0.25, -0.2) is 0 Å². The summed E-state index contributed by atoms with van der Waals surface area (Å²) in [5, 5.41) is 0. The van der Waals surface area contributed by atoms with Crippen molar-refractivity contribution in [3.05, 3.63) is 54.1 Å². The van der Waals surface area contributed by atoms with Gasteiger partial charge in [-0.2, -0.15) is 16.8 Å². The number of hydrogen-bond acceptors (Lipinski definition) is 5. The lowest BCUT2D eigenvalue weighted by atomic mass is 10.2. The molecule has 2 aromatic rings. The van der Waals surface area contributed by atoms with E-state index in [9.17, 15) is 16.8 Å². The van der Waals surface area contributed by atoms with Crippen LogP contribution in [0.3, 0.4) is 0 Å². The van der Waals surface area contributed by atoms with Gasteiger partial charge in [0.25, 0.3) is 10.1 Å². The van der Waals surface area contributed by atoms with E-state index in [2.05, 4.69) is 13.8 Å². The highest BCUT2D eigenvalue weighted by molar-refractivity contribution is 7.87. The van der Waals surface area contributed by atoms with Crippen molar-refractivity contribution in [2.24, 2.45) is 0 Å². The van der Waals surface area contributed by atoms with Gasteiger partial charge in [-0.1, -0.05) is 38.0 Å². The summed E-state index contributed by atoms with van der Waals surface area (Å²) in [6, 6.07) is 10.5. The van der Waals surface area contributed by atoms with Crippen LogP contribution < -0.4 is 4.18 Å². The molecule has 2 aromatic carbocycles. The van der Waals surface area contributed by atoms with Gasteiger partial charge in [-0.3, -0.25) is 4.55 Å². The normalized spacial score (nSPS) is 11.3. The molecule has 0 saturated carbocycles. The summed E-state index contributed by atoms with van der Waals surface area (Å²) in [6.45, 7) is 6.07. The molecule has 0 saturated heterocycles. The van der Waals surface area contributed by atoms with E-state index < -0.39 is 20.2 Å². The summed E-state index contributed by atoms with van der Waals surface area (Å²) in [4.78, 5) is -0.352. The topological polar surface area (TPSA) is 97.7 Å². The highest BCUT2D eigenvalue weighted by Gasteiger charge is 2.17. The maximum Gasteiger partial charge on any atom is 0.339 e. The molecule has 0 fully saturated rings. The monoisotopic (exact) mass is 372 g/mol. The van der Waals surface area contributed by atoms with Crippen LogP contribution in [0.2, 0.25) is 0 Å². The SMILES string of the molecule is CCC.Cc1ccc(S(=O)(=O)Oc2ccc(S(=O)(=O)O)cc2)cc1. The standard InChI is InChI=1S/C13H12O6S2.C3H8/c1-10-2-6-13(7-3-10)21(17,18)19-11-4-8-12(9-5-11)20(14,15)16;1-3-2/h2-9H,1H3,(H,14,15,16);3H2,1-2H3. The lowest BCUT2D eigenvalue weighted by Crippen LogP contribution is -2.09. The maximum absolute atomic E-state index is 12.0. The Labute approximate surface area is 143 Å². The maximum atomic E-state index is 12.0. The predicted molar refractivity (Wildman–Crippen MR) is 91.2 cm³/mol. The summed E-state index contributed by atoms with van der Waals surface area (Å²) in [5.74, 6) is -0.0528. The average molecular weight is 372 g/mol. The lowest BCUT2D eigenvalue weighted by Gasteiger charge is -2.07. The van der Waals surface area contributed by atoms with Crippen molar-refractivity contribution < 1.29 is 25.6 Å². The molecule has 0 aliphatic heterocycles. The van der Waals surface area contributed by atoms with Crippen LogP contribution in [-0.2, 0) is 20.2 Å². The molecule has 0 atom stereocenters. The molecular weight excluding hydrogens is 352 g/mol. The number of benzene rings is 2. The molecule has 0 amide bonds. The number of rotatable bonds is 4. The van der Waals surface area contributed by atoms with Crippen LogP contribution in [0.4, 0.5) is 0 Å². The van der Waals surface area contributed by atoms with Crippen LogP contribution in [0.15, 0.2) is 58.3 Å². The summed E-state index contributed by atoms with van der Waals surface area (Å²) in [5.41, 5.74) is 0.909. The van der Waals surface area contributed by atoms with E-state index >= 15 is 0 Å². The summed E-state index contributed by atoms with van der Waals surface area (Å²) < 4.78 is 59.5. The first kappa shape index (κ1) is 20.1. The van der Waals surface area contributed by atoms with Gasteiger partial charge in [0.2, 0.25) is 0 Å². The fourth-order valence-corrected chi connectivity index (χ4v) is 2.96. The van der Waals surface area contributed by atoms with Crippen molar-refractivity contribution in [1.29, 1.82) is 0 Å². The molecule has 0 bridgehead atoms. The second-order valence-electron chi connectivity index (χ2n) is 5.00. The molecule has 0 unspecified atom stereocenters. The molecule has 1 N–H and O–H groups in total. The Balaban J connectivity index is 0.000000891. The van der Waals surface area contributed by atoms with Crippen molar-refractivity contribution in [3.8, 4) is 5.75 Å². The Morgan fingerprint density at radius 1 is 0.833 bits per heavy atom. The smallest absolute Gasteiger partial charge is 0.339 e. The summed E-state index contributed by atoms with van der Waals surface area (Å²) in [7, 11) is -8.32. The highest BCUT2D eigenvalue weighted by Crippen LogP contribution is 2.21. The third-order valence-electron chi connectivity index (χ3n) is 2.64. The summed E-state index contributed by atoms with van der Waals surface area (Å²) in [6.07, 6.45) is 1.25. The van der Waals surface area contributed by atoms with E-state index in [-0.39, 0.29) is 15.5 Å². The Bertz CT molecular complexity index is 852. The second kappa shape index (κ2) is 8.27. The van der Waals surface area contributed by atoms with E-state index in [0.29, 0.717) is 0 Å². The van der Waals surface area contributed by atoms with Gasteiger partial charge in [0.15, 0.2) is 0 Å². The van der Waals surface area contributed by atoms with E-state index in [1.54, 1.807) is 12.1 Å². The molecule has 2 rings (SSSR count). The molecule has 24 heavy (non-hydrogen) atoms. The first-order chi connectivity index (χ1) is 11.1. The van der Waals surface area contributed by atoms with Crippen molar-refractivity contribution in [3.63, 3.8) is 0 Å². The third-order valence-corrected chi connectivity index (χ3v) is 4.77. The van der Waals surface area contributed by atoms with Crippen molar-refractivity contribution in [1.82, 2.24) is 0 Å². The van der Waals surface area contributed by atoms with E-state index in [4.69, 9.17) is 8.74 Å². The van der Waals surface area contributed by atoms with Gasteiger partial charge >= 0.3 is 10.1 Å². The van der Waals surface area contributed by atoms with Gasteiger partial charge in [-0.05, 0) is 43.3 Å². The first-order valence-electron chi connectivity index (χ1n) is 7.19. The van der Waals surface area contributed by atoms with Crippen LogP contribution >= 0.6 is 0 Å². The Morgan fingerprint density at radius 2 is 1.25 bits per heavy atom. The lowest BCUT2D eigenvalue weighted by molar-refractivity contribution is 0.482. The van der Waals surface area contributed by atoms with Gasteiger partial charge in [0, 0.05) is 0 Å². The Kier molecular flexibility index (Phi) is 6.94. The van der Waals surface area contributed by atoms with Crippen LogP contribution in [0.5, 0.6) is 5.75 Å². The first-order valence-corrected chi connectivity index (χ1v) is 10.0. The third kappa shape index (κ3) is 5.95. The quantitative estimate of drug-likeness (QED) is 0.652. The molecule has 0 aliphatic carbocycles. The van der Waals surface area contributed by atoms with Gasteiger partial charge < -0.3 is 4.18 Å². The molecule has 0 heterocycles. The van der Waals surface area contributed by atoms with Gasteiger partial charge in [-0.15, -0.1) is 0 Å². The van der Waals surface area contributed by atoms with Crippen LogP contribution in [-0.4, -0.2) is 21.4 Å². The second-order valence-corrected chi connectivity index (χ2v) is 7.97. The number of hydrogen-bond donors (Lipinski definition) is 1. The highest BCUT2D eigenvalue weighted by atomic mass is 32.2. The molecule has 6 nitrogen and oxygen atoms in total. The summed E-state index contributed by atoms with van der Waals surface area (Å²) >= 11 is 0. The van der Waals surface area contributed by atoms with Crippen LogP contribution in [0, 0.1) is 6.92 Å². The average Bonchev–Trinajstić information content (AvgIpc) is 2.47. The van der Waals surface area contributed by atoms with Crippen molar-refractivity contribution >= 4 is 20.2 Å². The molecule has 0 radical (unpaired) electrons. The van der Waals surface area contributed by atoms with E-state index in [1.165, 1.54) is 18.6 Å². The predicted octanol–water partition coefficient (Wildman–Crippen LogP) is 3.43. The largest absolute Gasteiger partial charge is 0.379 e. The molecule has 8 heteroatoms. The molecule has 0 aromatic heterocycles. The van der Waals surface area contributed by atoms with Crippen LogP contribution in [0.1, 0.15) is 25.8 Å². The van der Waals surface area contributed by atoms with E-state index in [1.807, 2.05) is 6.92 Å². The van der Waals surface area contributed by atoms with Crippen molar-refractivity contribution in [2.75, 3.05) is 0 Å². The fourth-order valence-electron chi connectivity index (χ4n) is 1.55. The van der Waals surface area contributed by atoms with Crippen LogP contribution in [0.25, 0.3) is 0 Å². The minimum Gasteiger partial charge on any atom is -0.379 e.